The standard InChI is InChI=1S/C26H44O4/c1-3-5-6-7-8-9-15-23(29-24-17-14-18-25-26(24)30-25)16-10-11-20-28-22-13-12-21-27-19-4-2/h14,17-18,23H,3-13,15-16,19-22H2,1-2H3. The first-order valence-electron chi connectivity index (χ1n) is 12.5. The molecule has 172 valence electrons. The van der Waals surface area contributed by atoms with Gasteiger partial charge in [-0.2, -0.15) is 0 Å². The van der Waals surface area contributed by atoms with Gasteiger partial charge in [-0.15, -0.1) is 0 Å². The van der Waals surface area contributed by atoms with Gasteiger partial charge in [-0.05, 0) is 63.5 Å². The molecule has 0 saturated carbocycles. The second-order valence-corrected chi connectivity index (χ2v) is 8.41. The monoisotopic (exact) mass is 420 g/mol. The Morgan fingerprint density at radius 3 is 2.07 bits per heavy atom. The molecule has 0 radical (unpaired) electrons. The second-order valence-electron chi connectivity index (χ2n) is 8.41. The molecule has 0 aromatic heterocycles. The third-order valence-electron chi connectivity index (χ3n) is 5.53. The number of rotatable bonds is 21. The molecular formula is C26H44O4. The van der Waals surface area contributed by atoms with E-state index >= 15 is 0 Å². The fourth-order valence-corrected chi connectivity index (χ4v) is 3.68. The van der Waals surface area contributed by atoms with Crippen LogP contribution in [0.4, 0.5) is 0 Å². The van der Waals surface area contributed by atoms with E-state index in [0.717, 1.165) is 88.6 Å². The third-order valence-corrected chi connectivity index (χ3v) is 5.53. The number of hydrogen-bond acceptors (Lipinski definition) is 4. The Bertz CT molecular complexity index is 546. The molecular weight excluding hydrogens is 376 g/mol. The average Bonchev–Trinajstić information content (AvgIpc) is 3.55. The molecule has 0 N–H and O–H groups in total. The summed E-state index contributed by atoms with van der Waals surface area (Å²) in [7, 11) is 0. The van der Waals surface area contributed by atoms with E-state index in [4.69, 9.17) is 18.9 Å². The highest BCUT2D eigenvalue weighted by molar-refractivity contribution is 5.62. The van der Waals surface area contributed by atoms with E-state index < -0.39 is 0 Å². The molecule has 0 aliphatic carbocycles. The van der Waals surface area contributed by atoms with Crippen LogP contribution in [0, 0.1) is 0 Å². The number of hydrogen-bond donors (Lipinski definition) is 0. The maximum Gasteiger partial charge on any atom is 0.211 e. The summed E-state index contributed by atoms with van der Waals surface area (Å²) >= 11 is 0. The fourth-order valence-electron chi connectivity index (χ4n) is 3.68. The van der Waals surface area contributed by atoms with Crippen LogP contribution in [0.1, 0.15) is 97.3 Å². The van der Waals surface area contributed by atoms with Crippen LogP contribution in [0.2, 0.25) is 0 Å². The third kappa shape index (κ3) is 11.2. The van der Waals surface area contributed by atoms with Crippen molar-refractivity contribution in [1.29, 1.82) is 0 Å². The molecule has 0 fully saturated rings. The Morgan fingerprint density at radius 2 is 1.33 bits per heavy atom. The average molecular weight is 421 g/mol. The number of unbranched alkanes of at least 4 members (excludes halogenated alkanes) is 7. The van der Waals surface area contributed by atoms with E-state index in [1.165, 1.54) is 38.5 Å². The van der Waals surface area contributed by atoms with Crippen molar-refractivity contribution in [3.63, 3.8) is 0 Å². The molecule has 1 unspecified atom stereocenters. The Kier molecular flexibility index (Phi) is 13.7. The van der Waals surface area contributed by atoms with Crippen molar-refractivity contribution < 1.29 is 18.9 Å². The molecule has 1 aromatic carbocycles. The molecule has 2 rings (SSSR count). The quantitative estimate of drug-likeness (QED) is 0.153. The van der Waals surface area contributed by atoms with Crippen LogP contribution in [-0.4, -0.2) is 32.5 Å². The molecule has 1 aliphatic heterocycles. The van der Waals surface area contributed by atoms with E-state index in [1.807, 2.05) is 18.2 Å². The summed E-state index contributed by atoms with van der Waals surface area (Å²) in [6.45, 7) is 7.85. The van der Waals surface area contributed by atoms with Crippen LogP contribution < -0.4 is 9.47 Å². The van der Waals surface area contributed by atoms with Crippen molar-refractivity contribution >= 4 is 0 Å². The molecule has 1 aliphatic rings. The summed E-state index contributed by atoms with van der Waals surface area (Å²) in [6.07, 6.45) is 16.0. The minimum absolute atomic E-state index is 0.280. The molecule has 1 atom stereocenters. The molecule has 4 heteroatoms. The zero-order valence-electron chi connectivity index (χ0n) is 19.5. The van der Waals surface area contributed by atoms with Gasteiger partial charge in [0.15, 0.2) is 11.5 Å². The predicted octanol–water partition coefficient (Wildman–Crippen LogP) is 7.68. The maximum absolute atomic E-state index is 6.34. The highest BCUT2D eigenvalue weighted by atomic mass is 16.6. The lowest BCUT2D eigenvalue weighted by atomic mass is 10.0. The molecule has 0 spiro atoms. The summed E-state index contributed by atoms with van der Waals surface area (Å²) in [4.78, 5) is 0. The maximum atomic E-state index is 6.34. The topological polar surface area (TPSA) is 40.2 Å². The van der Waals surface area contributed by atoms with Gasteiger partial charge in [0, 0.05) is 26.4 Å². The number of ether oxygens (including phenoxy) is 4. The first-order valence-corrected chi connectivity index (χ1v) is 12.5. The van der Waals surface area contributed by atoms with E-state index in [-0.39, 0.29) is 6.10 Å². The Morgan fingerprint density at radius 1 is 0.700 bits per heavy atom. The number of fused-ring (bicyclic) bond motifs is 1. The van der Waals surface area contributed by atoms with Gasteiger partial charge in [0.25, 0.3) is 0 Å². The first kappa shape index (κ1) is 25.0. The first-order chi connectivity index (χ1) is 14.8. The summed E-state index contributed by atoms with van der Waals surface area (Å²) in [6, 6.07) is 6.05. The zero-order chi connectivity index (χ0) is 21.3. The van der Waals surface area contributed by atoms with E-state index in [9.17, 15) is 0 Å². The van der Waals surface area contributed by atoms with Crippen LogP contribution in [0.5, 0.6) is 17.2 Å². The van der Waals surface area contributed by atoms with Crippen LogP contribution in [0.3, 0.4) is 0 Å². The Hall–Kier alpha value is -1.26. The van der Waals surface area contributed by atoms with Gasteiger partial charge in [0.1, 0.15) is 0 Å². The lowest BCUT2D eigenvalue weighted by Crippen LogP contribution is -2.16. The second kappa shape index (κ2) is 16.4. The fraction of sp³-hybridized carbons (Fsp3) is 0.769. The summed E-state index contributed by atoms with van der Waals surface area (Å²) in [5.74, 6) is 2.83. The lowest BCUT2D eigenvalue weighted by Gasteiger charge is -2.19. The van der Waals surface area contributed by atoms with Gasteiger partial charge in [-0.25, -0.2) is 0 Å². The summed E-state index contributed by atoms with van der Waals surface area (Å²) in [5, 5.41) is 0. The van der Waals surface area contributed by atoms with Crippen LogP contribution in [0.25, 0.3) is 0 Å². The van der Waals surface area contributed by atoms with Gasteiger partial charge in [-0.1, -0.05) is 52.0 Å². The van der Waals surface area contributed by atoms with Crippen LogP contribution >= 0.6 is 0 Å². The van der Waals surface area contributed by atoms with Gasteiger partial charge in [0.2, 0.25) is 5.75 Å². The van der Waals surface area contributed by atoms with Crippen molar-refractivity contribution in [3.8, 4) is 17.2 Å². The molecule has 1 heterocycles. The minimum Gasteiger partial charge on any atom is -0.486 e. The highest BCUT2D eigenvalue weighted by Crippen LogP contribution is 2.52. The van der Waals surface area contributed by atoms with Gasteiger partial charge < -0.3 is 18.9 Å². The number of benzene rings is 1. The zero-order valence-corrected chi connectivity index (χ0v) is 19.5. The molecule has 0 saturated heterocycles. The Balaban J connectivity index is 1.56. The van der Waals surface area contributed by atoms with E-state index in [1.54, 1.807) is 0 Å². The smallest absolute Gasteiger partial charge is 0.211 e. The van der Waals surface area contributed by atoms with Crippen LogP contribution in [0.15, 0.2) is 18.2 Å². The summed E-state index contributed by atoms with van der Waals surface area (Å²) in [5.41, 5.74) is 0. The largest absolute Gasteiger partial charge is 0.486 e. The molecule has 4 nitrogen and oxygen atoms in total. The van der Waals surface area contributed by atoms with Gasteiger partial charge in [-0.3, -0.25) is 0 Å². The van der Waals surface area contributed by atoms with Crippen molar-refractivity contribution in [3.05, 3.63) is 18.2 Å². The normalized spacial score (nSPS) is 13.0. The molecule has 0 amide bonds. The molecule has 0 bridgehead atoms. The van der Waals surface area contributed by atoms with Gasteiger partial charge >= 0.3 is 0 Å². The van der Waals surface area contributed by atoms with E-state index in [0.29, 0.717) is 0 Å². The number of para-hydroxylation sites is 1. The summed E-state index contributed by atoms with van der Waals surface area (Å²) < 4.78 is 23.1. The van der Waals surface area contributed by atoms with Crippen molar-refractivity contribution in [1.82, 2.24) is 0 Å². The molecule has 1 aromatic rings. The van der Waals surface area contributed by atoms with Crippen LogP contribution in [-0.2, 0) is 9.47 Å². The lowest BCUT2D eigenvalue weighted by molar-refractivity contribution is 0.0987. The predicted molar refractivity (Wildman–Crippen MR) is 124 cm³/mol. The molecule has 30 heavy (non-hydrogen) atoms. The SMILES string of the molecule is CCCCCCCCC(CCCCOCCCCOCCC)Oc1cccc2c1O2. The highest BCUT2D eigenvalue weighted by Gasteiger charge is 2.26. The Labute approximate surface area is 184 Å². The van der Waals surface area contributed by atoms with Crippen molar-refractivity contribution in [2.24, 2.45) is 0 Å². The van der Waals surface area contributed by atoms with Gasteiger partial charge in [0.05, 0.1) is 6.10 Å². The van der Waals surface area contributed by atoms with Crippen molar-refractivity contribution in [2.75, 3.05) is 26.4 Å². The van der Waals surface area contributed by atoms with E-state index in [2.05, 4.69) is 13.8 Å². The van der Waals surface area contributed by atoms with Crippen molar-refractivity contribution in [2.45, 2.75) is 103 Å². The minimum atomic E-state index is 0.280.